The number of nitrogens with one attached hydrogen (secondary N) is 1. The molecule has 5 nitrogen and oxygen atoms in total. The number of hydrogen-bond acceptors (Lipinski definition) is 5. The van der Waals surface area contributed by atoms with Crippen molar-refractivity contribution in [3.8, 4) is 22.3 Å². The highest BCUT2D eigenvalue weighted by atomic mass is 32.1. The fourth-order valence-electron chi connectivity index (χ4n) is 3.47. The molecule has 0 radical (unpaired) electrons. The van der Waals surface area contributed by atoms with Gasteiger partial charge >= 0.3 is 12.4 Å². The van der Waals surface area contributed by atoms with Gasteiger partial charge in [-0.25, -0.2) is 9.97 Å². The van der Waals surface area contributed by atoms with E-state index in [4.69, 9.17) is 5.73 Å². The molecule has 4 rings (SSSR count). The molecule has 2 aromatic heterocycles. The summed E-state index contributed by atoms with van der Waals surface area (Å²) in [5, 5.41) is 2.99. The Hall–Kier alpha value is -4.37. The molecule has 200 valence electrons. The minimum absolute atomic E-state index is 0.0130. The summed E-state index contributed by atoms with van der Waals surface area (Å²) in [4.78, 5) is 22.0. The number of benzene rings is 2. The van der Waals surface area contributed by atoms with Gasteiger partial charge in [0.2, 0.25) is 0 Å². The number of thiazole rings is 1. The Bertz CT molecular complexity index is 1600. The lowest BCUT2D eigenvalue weighted by Crippen LogP contribution is -2.16. The number of carbonyl (C=O) groups is 1. The van der Waals surface area contributed by atoms with Gasteiger partial charge in [-0.2, -0.15) is 26.3 Å². The number of nitrogens with zero attached hydrogens (tertiary/aromatic N) is 2. The van der Waals surface area contributed by atoms with Crippen LogP contribution in [0.5, 0.6) is 0 Å². The first-order valence-corrected chi connectivity index (χ1v) is 11.9. The van der Waals surface area contributed by atoms with Crippen LogP contribution in [-0.2, 0) is 12.4 Å². The maximum Gasteiger partial charge on any atom is 0.416 e. The number of hydrogen-bond donors (Lipinski definition) is 2. The molecule has 0 aliphatic heterocycles. The van der Waals surface area contributed by atoms with Crippen LogP contribution < -0.4 is 11.1 Å². The largest absolute Gasteiger partial charge is 0.416 e. The number of nitrogen functional groups attached to an aromatic ring is 1. The van der Waals surface area contributed by atoms with Crippen LogP contribution in [0.4, 0.5) is 37.8 Å². The van der Waals surface area contributed by atoms with E-state index in [1.54, 1.807) is 31.5 Å². The predicted molar refractivity (Wildman–Crippen MR) is 136 cm³/mol. The normalized spacial score (nSPS) is 11.6. The number of rotatable bonds is 3. The van der Waals surface area contributed by atoms with E-state index < -0.39 is 35.1 Å². The molecule has 0 fully saturated rings. The highest BCUT2D eigenvalue weighted by Crippen LogP contribution is 2.37. The highest BCUT2D eigenvalue weighted by Gasteiger charge is 2.37. The van der Waals surface area contributed by atoms with E-state index in [0.717, 1.165) is 15.4 Å². The van der Waals surface area contributed by atoms with Crippen LogP contribution in [0.25, 0.3) is 10.4 Å². The van der Waals surface area contributed by atoms with Gasteiger partial charge in [0, 0.05) is 34.8 Å². The van der Waals surface area contributed by atoms with Crippen molar-refractivity contribution in [2.45, 2.75) is 26.2 Å². The quantitative estimate of drug-likeness (QED) is 0.207. The van der Waals surface area contributed by atoms with Gasteiger partial charge in [0.05, 0.1) is 26.6 Å². The zero-order chi connectivity index (χ0) is 28.5. The molecular formula is C27H18F6N4OS. The van der Waals surface area contributed by atoms with E-state index in [9.17, 15) is 31.1 Å². The number of halogens is 6. The van der Waals surface area contributed by atoms with E-state index in [1.807, 2.05) is 6.92 Å². The predicted octanol–water partition coefficient (Wildman–Crippen LogP) is 7.09. The third-order valence-corrected chi connectivity index (χ3v) is 6.46. The van der Waals surface area contributed by atoms with Crippen LogP contribution in [0.2, 0.25) is 0 Å². The molecule has 0 atom stereocenters. The number of aryl methyl sites for hydroxylation is 2. The maximum atomic E-state index is 13.2. The van der Waals surface area contributed by atoms with Crippen molar-refractivity contribution >= 4 is 28.7 Å². The van der Waals surface area contributed by atoms with E-state index >= 15 is 0 Å². The number of anilines is 2. The summed E-state index contributed by atoms with van der Waals surface area (Å²) >= 11 is 1.47. The van der Waals surface area contributed by atoms with Crippen LogP contribution in [0, 0.1) is 25.7 Å². The third-order valence-electron chi connectivity index (χ3n) is 5.50. The van der Waals surface area contributed by atoms with E-state index in [0.29, 0.717) is 28.8 Å². The van der Waals surface area contributed by atoms with Crippen LogP contribution in [-0.4, -0.2) is 15.9 Å². The zero-order valence-electron chi connectivity index (χ0n) is 20.3. The maximum absolute atomic E-state index is 13.2. The van der Waals surface area contributed by atoms with Gasteiger partial charge in [0.1, 0.15) is 5.82 Å². The first-order chi connectivity index (χ1) is 18.2. The van der Waals surface area contributed by atoms with Crippen molar-refractivity contribution in [1.82, 2.24) is 9.97 Å². The Labute approximate surface area is 222 Å². The first kappa shape index (κ1) is 27.7. The summed E-state index contributed by atoms with van der Waals surface area (Å²) in [5.41, 5.74) is 4.51. The Balaban J connectivity index is 1.63. The smallest absolute Gasteiger partial charge is 0.383 e. The Morgan fingerprint density at radius 3 is 2.10 bits per heavy atom. The van der Waals surface area contributed by atoms with Gasteiger partial charge in [0.25, 0.3) is 5.91 Å². The number of carbonyl (C=O) groups excluding carboxylic acids is 1. The lowest BCUT2D eigenvalue weighted by Gasteiger charge is -2.15. The topological polar surface area (TPSA) is 80.9 Å². The summed E-state index contributed by atoms with van der Waals surface area (Å²) in [6.45, 7) is 3.60. The second-order valence-electron chi connectivity index (χ2n) is 8.43. The molecule has 0 saturated carbocycles. The van der Waals surface area contributed by atoms with E-state index in [2.05, 4.69) is 27.1 Å². The molecule has 0 saturated heterocycles. The van der Waals surface area contributed by atoms with Crippen molar-refractivity contribution in [2.24, 2.45) is 0 Å². The van der Waals surface area contributed by atoms with Crippen molar-refractivity contribution in [1.29, 1.82) is 0 Å². The lowest BCUT2D eigenvalue weighted by atomic mass is 10.0. The molecule has 1 amide bonds. The SMILES string of the molecule is Cc1ncc(-c2cnc(N)c(C#Cc3cc(C(=O)Nc4cc(C(F)(F)F)cc(C(F)(F)F)c4)ccc3C)c2)s1. The fourth-order valence-corrected chi connectivity index (χ4v) is 4.23. The lowest BCUT2D eigenvalue weighted by molar-refractivity contribution is -0.143. The molecule has 0 bridgehead atoms. The zero-order valence-corrected chi connectivity index (χ0v) is 21.1. The molecule has 12 heteroatoms. The molecule has 0 spiro atoms. The van der Waals surface area contributed by atoms with Crippen molar-refractivity contribution in [3.05, 3.63) is 93.2 Å². The second kappa shape index (κ2) is 10.4. The molecular weight excluding hydrogens is 542 g/mol. The van der Waals surface area contributed by atoms with Gasteiger partial charge in [-0.3, -0.25) is 4.79 Å². The molecule has 2 aromatic carbocycles. The number of nitrogens with two attached hydrogens (primary N) is 1. The number of aromatic nitrogens is 2. The van der Waals surface area contributed by atoms with Gasteiger partial charge in [-0.15, -0.1) is 11.3 Å². The molecule has 0 aliphatic rings. The number of alkyl halides is 6. The van der Waals surface area contributed by atoms with Crippen molar-refractivity contribution < 1.29 is 31.1 Å². The molecule has 0 aliphatic carbocycles. The fraction of sp³-hybridized carbons (Fsp3) is 0.148. The molecule has 0 unspecified atom stereocenters. The summed E-state index contributed by atoms with van der Waals surface area (Å²) in [6, 6.07) is 6.95. The molecule has 39 heavy (non-hydrogen) atoms. The Kier molecular flexibility index (Phi) is 7.39. The summed E-state index contributed by atoms with van der Waals surface area (Å²) in [6.07, 6.45) is -6.78. The monoisotopic (exact) mass is 560 g/mol. The van der Waals surface area contributed by atoms with Crippen LogP contribution in [0.15, 0.2) is 54.9 Å². The van der Waals surface area contributed by atoms with Crippen molar-refractivity contribution in [2.75, 3.05) is 11.1 Å². The van der Waals surface area contributed by atoms with E-state index in [-0.39, 0.29) is 17.4 Å². The first-order valence-electron chi connectivity index (χ1n) is 11.1. The molecule has 3 N–H and O–H groups in total. The van der Waals surface area contributed by atoms with Gasteiger partial charge in [0.15, 0.2) is 0 Å². The number of amides is 1. The molecule has 2 heterocycles. The average Bonchev–Trinajstić information content (AvgIpc) is 3.29. The van der Waals surface area contributed by atoms with Crippen LogP contribution in [0.1, 0.15) is 43.2 Å². The second-order valence-corrected chi connectivity index (χ2v) is 9.66. The Morgan fingerprint density at radius 1 is 0.872 bits per heavy atom. The van der Waals surface area contributed by atoms with Gasteiger partial charge in [-0.05, 0) is 55.8 Å². The van der Waals surface area contributed by atoms with E-state index in [1.165, 1.54) is 23.5 Å². The minimum atomic E-state index is -5.04. The summed E-state index contributed by atoms with van der Waals surface area (Å²) < 4.78 is 78.9. The van der Waals surface area contributed by atoms with Crippen molar-refractivity contribution in [3.63, 3.8) is 0 Å². The Morgan fingerprint density at radius 2 is 1.51 bits per heavy atom. The number of pyridine rings is 1. The summed E-state index contributed by atoms with van der Waals surface area (Å²) in [7, 11) is 0. The van der Waals surface area contributed by atoms with Crippen LogP contribution in [0.3, 0.4) is 0 Å². The third kappa shape index (κ3) is 6.56. The summed E-state index contributed by atoms with van der Waals surface area (Å²) in [5.74, 6) is 5.10. The average molecular weight is 561 g/mol. The van der Waals surface area contributed by atoms with Gasteiger partial charge in [-0.1, -0.05) is 17.9 Å². The highest BCUT2D eigenvalue weighted by molar-refractivity contribution is 7.15. The van der Waals surface area contributed by atoms with Gasteiger partial charge < -0.3 is 11.1 Å². The molecule has 4 aromatic rings. The minimum Gasteiger partial charge on any atom is -0.383 e. The van der Waals surface area contributed by atoms with Crippen LogP contribution >= 0.6 is 11.3 Å². The standard InChI is InChI=1S/C27H18F6N4OS/c1-14-3-4-18(25(38)37-22-10-20(26(28,29)30)9-21(11-22)27(31,32)33)7-16(14)5-6-17-8-19(12-36-24(17)34)23-13-35-15(2)39-23/h3-4,7-13H,1-2H3,(H2,34,36)(H,37,38).